The Bertz CT molecular complexity index is 618. The Morgan fingerprint density at radius 2 is 1.81 bits per heavy atom. The van der Waals surface area contributed by atoms with Crippen molar-refractivity contribution in [2.45, 2.75) is 52.4 Å². The fourth-order valence-electron chi connectivity index (χ4n) is 3.16. The third-order valence-corrected chi connectivity index (χ3v) is 4.70. The Hall–Kier alpha value is -2.37. The van der Waals surface area contributed by atoms with Crippen LogP contribution >= 0.6 is 0 Å². The molecule has 6 heteroatoms. The number of nitrogens with zero attached hydrogens (tertiary/aromatic N) is 1. The van der Waals surface area contributed by atoms with Crippen molar-refractivity contribution in [3.05, 3.63) is 29.8 Å². The lowest BCUT2D eigenvalue weighted by atomic mass is 9.72. The van der Waals surface area contributed by atoms with Crippen LogP contribution in [0, 0.1) is 12.3 Å². The van der Waals surface area contributed by atoms with E-state index in [2.05, 4.69) is 4.99 Å². The third kappa shape index (κ3) is 5.86. The molecule has 1 aliphatic rings. The van der Waals surface area contributed by atoms with Gasteiger partial charge in [0.15, 0.2) is 6.40 Å². The van der Waals surface area contributed by atoms with E-state index < -0.39 is 11.6 Å². The molecule has 0 saturated heterocycles. The van der Waals surface area contributed by atoms with Crippen molar-refractivity contribution in [2.75, 3.05) is 13.2 Å². The Morgan fingerprint density at radius 1 is 1.12 bits per heavy atom. The summed E-state index contributed by atoms with van der Waals surface area (Å²) in [4.78, 5) is 28.2. The molecule has 0 unspecified atom stereocenters. The zero-order chi connectivity index (χ0) is 18.8. The summed E-state index contributed by atoms with van der Waals surface area (Å²) in [6.45, 7) is 4.12. The van der Waals surface area contributed by atoms with E-state index in [0.717, 1.165) is 43.4 Å². The van der Waals surface area contributed by atoms with Crippen LogP contribution in [0.15, 0.2) is 29.3 Å². The monoisotopic (exact) mass is 361 g/mol. The van der Waals surface area contributed by atoms with E-state index in [-0.39, 0.29) is 19.2 Å². The number of rotatable bonds is 7. The smallest absolute Gasteiger partial charge is 0.435 e. The summed E-state index contributed by atoms with van der Waals surface area (Å²) in [5, 5.41) is 0. The average molecular weight is 361 g/mol. The molecule has 1 fully saturated rings. The average Bonchev–Trinajstić information content (AvgIpc) is 2.64. The second-order valence-electron chi connectivity index (χ2n) is 6.60. The van der Waals surface area contributed by atoms with Crippen LogP contribution in [-0.4, -0.2) is 31.7 Å². The quantitative estimate of drug-likeness (QED) is 0.399. The van der Waals surface area contributed by atoms with E-state index in [9.17, 15) is 9.59 Å². The van der Waals surface area contributed by atoms with E-state index in [1.54, 1.807) is 6.92 Å². The summed E-state index contributed by atoms with van der Waals surface area (Å²) >= 11 is 0. The number of carbonyl (C=O) groups excluding carboxylic acids is 2. The first-order valence-electron chi connectivity index (χ1n) is 9.15. The summed E-state index contributed by atoms with van der Waals surface area (Å²) in [7, 11) is 0. The molecule has 0 heterocycles. The first-order valence-corrected chi connectivity index (χ1v) is 9.15. The highest BCUT2D eigenvalue weighted by atomic mass is 16.7. The van der Waals surface area contributed by atoms with Gasteiger partial charge in [0.25, 0.3) is 0 Å². The van der Waals surface area contributed by atoms with Crippen LogP contribution in [0.4, 0.5) is 10.5 Å². The van der Waals surface area contributed by atoms with Gasteiger partial charge in [0.05, 0.1) is 24.3 Å². The van der Waals surface area contributed by atoms with Gasteiger partial charge in [-0.1, -0.05) is 37.0 Å². The van der Waals surface area contributed by atoms with Crippen molar-refractivity contribution in [3.8, 4) is 0 Å². The Morgan fingerprint density at radius 3 is 2.46 bits per heavy atom. The van der Waals surface area contributed by atoms with E-state index in [4.69, 9.17) is 14.2 Å². The van der Waals surface area contributed by atoms with Gasteiger partial charge in [-0.2, -0.15) is 0 Å². The zero-order valence-electron chi connectivity index (χ0n) is 15.5. The van der Waals surface area contributed by atoms with Crippen molar-refractivity contribution < 1.29 is 23.8 Å². The fourth-order valence-corrected chi connectivity index (χ4v) is 3.16. The van der Waals surface area contributed by atoms with Gasteiger partial charge in [0.2, 0.25) is 0 Å². The third-order valence-electron chi connectivity index (χ3n) is 4.70. The van der Waals surface area contributed by atoms with Gasteiger partial charge in [-0.25, -0.2) is 9.79 Å². The van der Waals surface area contributed by atoms with Gasteiger partial charge in [-0.05, 0) is 45.2 Å². The van der Waals surface area contributed by atoms with Crippen molar-refractivity contribution >= 4 is 24.2 Å². The number of esters is 1. The number of aliphatic imine (C=N–C) groups is 1. The molecule has 0 amide bonds. The maximum absolute atomic E-state index is 12.7. The van der Waals surface area contributed by atoms with Crippen LogP contribution in [0.1, 0.15) is 51.0 Å². The number of ether oxygens (including phenoxy) is 3. The van der Waals surface area contributed by atoms with Gasteiger partial charge in [-0.3, -0.25) is 4.79 Å². The molecule has 0 aromatic heterocycles. The van der Waals surface area contributed by atoms with Gasteiger partial charge >= 0.3 is 12.1 Å². The molecular weight excluding hydrogens is 334 g/mol. The summed E-state index contributed by atoms with van der Waals surface area (Å²) in [6, 6.07) is 7.63. The zero-order valence-corrected chi connectivity index (χ0v) is 15.5. The number of aryl methyl sites for hydroxylation is 1. The molecule has 0 radical (unpaired) electrons. The van der Waals surface area contributed by atoms with Crippen molar-refractivity contribution in [3.63, 3.8) is 0 Å². The lowest BCUT2D eigenvalue weighted by molar-refractivity contribution is -0.150. The standard InChI is InChI=1S/C20H27NO5/c1-3-24-19(23)25-14-13-20(11-5-4-6-12-20)18(22)26-15-21-17-9-7-16(2)8-10-17/h7-10,15H,3-6,11-14H2,1-2H3. The number of benzene rings is 1. The summed E-state index contributed by atoms with van der Waals surface area (Å²) < 4.78 is 15.1. The van der Waals surface area contributed by atoms with Crippen LogP contribution in [0.5, 0.6) is 0 Å². The predicted molar refractivity (Wildman–Crippen MR) is 98.5 cm³/mol. The molecule has 0 bridgehead atoms. The van der Waals surface area contributed by atoms with Gasteiger partial charge in [0, 0.05) is 0 Å². The van der Waals surface area contributed by atoms with E-state index in [0.29, 0.717) is 6.42 Å². The SMILES string of the molecule is CCOC(=O)OCCC1(C(=O)OC=Nc2ccc(C)cc2)CCCCC1. The topological polar surface area (TPSA) is 74.2 Å². The molecule has 0 aliphatic heterocycles. The first-order chi connectivity index (χ1) is 12.6. The Labute approximate surface area is 154 Å². The highest BCUT2D eigenvalue weighted by molar-refractivity contribution is 5.84. The van der Waals surface area contributed by atoms with E-state index in [1.807, 2.05) is 31.2 Å². The van der Waals surface area contributed by atoms with E-state index >= 15 is 0 Å². The molecule has 1 aliphatic carbocycles. The minimum absolute atomic E-state index is 0.142. The highest BCUT2D eigenvalue weighted by Crippen LogP contribution is 2.40. The number of hydrogen-bond donors (Lipinski definition) is 0. The largest absolute Gasteiger partial charge is 0.508 e. The van der Waals surface area contributed by atoms with Crippen LogP contribution in [0.2, 0.25) is 0 Å². The van der Waals surface area contributed by atoms with Gasteiger partial charge in [0.1, 0.15) is 0 Å². The normalized spacial score (nSPS) is 16.2. The first kappa shape index (κ1) is 19.9. The molecule has 1 saturated carbocycles. The second kappa shape index (κ2) is 9.94. The van der Waals surface area contributed by atoms with Crippen molar-refractivity contribution in [1.82, 2.24) is 0 Å². The molecule has 0 N–H and O–H groups in total. The molecule has 142 valence electrons. The lowest BCUT2D eigenvalue weighted by Gasteiger charge is -2.33. The van der Waals surface area contributed by atoms with Gasteiger partial charge < -0.3 is 14.2 Å². The number of hydrogen-bond acceptors (Lipinski definition) is 6. The Kier molecular flexibility index (Phi) is 7.63. The van der Waals surface area contributed by atoms with Crippen molar-refractivity contribution in [1.29, 1.82) is 0 Å². The van der Waals surface area contributed by atoms with Crippen molar-refractivity contribution in [2.24, 2.45) is 10.4 Å². The summed E-state index contributed by atoms with van der Waals surface area (Å²) in [5.74, 6) is -0.305. The molecule has 0 atom stereocenters. The molecule has 6 nitrogen and oxygen atoms in total. The highest BCUT2D eigenvalue weighted by Gasteiger charge is 2.41. The minimum atomic E-state index is -0.701. The summed E-state index contributed by atoms with van der Waals surface area (Å²) in [5.41, 5.74) is 1.25. The fraction of sp³-hybridized carbons (Fsp3) is 0.550. The summed E-state index contributed by atoms with van der Waals surface area (Å²) in [6.07, 6.45) is 5.43. The lowest BCUT2D eigenvalue weighted by Crippen LogP contribution is -2.36. The molecular formula is C20H27NO5. The minimum Gasteiger partial charge on any atom is -0.435 e. The molecule has 0 spiro atoms. The number of carbonyl (C=O) groups is 2. The Balaban J connectivity index is 1.92. The maximum atomic E-state index is 12.7. The predicted octanol–water partition coefficient (Wildman–Crippen LogP) is 4.71. The molecule has 1 aromatic rings. The van der Waals surface area contributed by atoms with Crippen LogP contribution < -0.4 is 0 Å². The van der Waals surface area contributed by atoms with Crippen LogP contribution in [-0.2, 0) is 19.0 Å². The molecule has 2 rings (SSSR count). The second-order valence-corrected chi connectivity index (χ2v) is 6.60. The maximum Gasteiger partial charge on any atom is 0.508 e. The molecule has 26 heavy (non-hydrogen) atoms. The van der Waals surface area contributed by atoms with E-state index in [1.165, 1.54) is 6.40 Å². The van der Waals surface area contributed by atoms with Gasteiger partial charge in [-0.15, -0.1) is 0 Å². The van der Waals surface area contributed by atoms with Crippen LogP contribution in [0.3, 0.4) is 0 Å². The van der Waals surface area contributed by atoms with Crippen LogP contribution in [0.25, 0.3) is 0 Å². The molecule has 1 aromatic carbocycles.